The zero-order chi connectivity index (χ0) is 13.5. The number of anilines is 1. The van der Waals surface area contributed by atoms with Crippen molar-refractivity contribution in [3.05, 3.63) is 28.8 Å². The summed E-state index contributed by atoms with van der Waals surface area (Å²) in [6.07, 6.45) is 3.76. The first kappa shape index (κ1) is 15.8. The van der Waals surface area contributed by atoms with Gasteiger partial charge in [-0.05, 0) is 38.0 Å². The van der Waals surface area contributed by atoms with E-state index in [2.05, 4.69) is 59.8 Å². The number of nitrogens with zero attached hydrogens (tertiary/aromatic N) is 1. The molecule has 18 heavy (non-hydrogen) atoms. The maximum Gasteiger partial charge on any atom is 0.0642 e. The number of benzene rings is 1. The summed E-state index contributed by atoms with van der Waals surface area (Å²) in [7, 11) is 0. The molecule has 0 aromatic heterocycles. The topological polar surface area (TPSA) is 3.24 Å². The van der Waals surface area contributed by atoms with Gasteiger partial charge in [-0.15, -0.1) is 0 Å². The Morgan fingerprint density at radius 1 is 1.28 bits per heavy atom. The Bertz CT molecular complexity index is 366. The SMILES string of the molecule is CCCCCN(c1ccc(CBr)cc1Cl)C(C)C. The highest BCUT2D eigenvalue weighted by Gasteiger charge is 2.13. The van der Waals surface area contributed by atoms with Crippen molar-refractivity contribution >= 4 is 33.2 Å². The van der Waals surface area contributed by atoms with Crippen molar-refractivity contribution in [3.63, 3.8) is 0 Å². The van der Waals surface area contributed by atoms with E-state index in [1.807, 2.05) is 0 Å². The first-order chi connectivity index (χ1) is 8.60. The lowest BCUT2D eigenvalue weighted by Gasteiger charge is -2.30. The quantitative estimate of drug-likeness (QED) is 0.461. The lowest BCUT2D eigenvalue weighted by atomic mass is 10.1. The van der Waals surface area contributed by atoms with Crippen LogP contribution in [0.4, 0.5) is 5.69 Å². The van der Waals surface area contributed by atoms with Crippen molar-refractivity contribution in [1.82, 2.24) is 0 Å². The molecule has 0 saturated carbocycles. The van der Waals surface area contributed by atoms with Gasteiger partial charge in [0.25, 0.3) is 0 Å². The van der Waals surface area contributed by atoms with Crippen LogP contribution in [0.1, 0.15) is 45.6 Å². The molecule has 0 aliphatic heterocycles. The maximum absolute atomic E-state index is 6.40. The van der Waals surface area contributed by atoms with Gasteiger partial charge in [-0.25, -0.2) is 0 Å². The smallest absolute Gasteiger partial charge is 0.0642 e. The van der Waals surface area contributed by atoms with Gasteiger partial charge in [-0.1, -0.05) is 53.4 Å². The molecule has 0 atom stereocenters. The molecular formula is C15H23BrClN. The summed E-state index contributed by atoms with van der Waals surface area (Å²) in [6.45, 7) is 7.76. The fourth-order valence-electron chi connectivity index (χ4n) is 2.06. The lowest BCUT2D eigenvalue weighted by Crippen LogP contribution is -2.32. The maximum atomic E-state index is 6.40. The number of alkyl halides is 1. The summed E-state index contributed by atoms with van der Waals surface area (Å²) in [5.74, 6) is 0. The van der Waals surface area contributed by atoms with E-state index >= 15 is 0 Å². The fourth-order valence-corrected chi connectivity index (χ4v) is 2.72. The second-order valence-electron chi connectivity index (χ2n) is 4.91. The van der Waals surface area contributed by atoms with Crippen LogP contribution in [0.25, 0.3) is 0 Å². The van der Waals surface area contributed by atoms with E-state index < -0.39 is 0 Å². The van der Waals surface area contributed by atoms with Crippen molar-refractivity contribution < 1.29 is 0 Å². The molecule has 0 radical (unpaired) electrons. The Labute approximate surface area is 125 Å². The summed E-state index contributed by atoms with van der Waals surface area (Å²) in [4.78, 5) is 2.40. The normalized spacial score (nSPS) is 11.0. The van der Waals surface area contributed by atoms with Gasteiger partial charge in [0.15, 0.2) is 0 Å². The van der Waals surface area contributed by atoms with Crippen LogP contribution in [-0.4, -0.2) is 12.6 Å². The third kappa shape index (κ3) is 4.47. The van der Waals surface area contributed by atoms with Gasteiger partial charge in [-0.2, -0.15) is 0 Å². The minimum absolute atomic E-state index is 0.481. The van der Waals surface area contributed by atoms with Crippen LogP contribution in [0.15, 0.2) is 18.2 Å². The molecule has 1 nitrogen and oxygen atoms in total. The predicted molar refractivity (Wildman–Crippen MR) is 86.1 cm³/mol. The van der Waals surface area contributed by atoms with E-state index in [9.17, 15) is 0 Å². The van der Waals surface area contributed by atoms with E-state index in [1.165, 1.54) is 24.8 Å². The van der Waals surface area contributed by atoms with E-state index in [4.69, 9.17) is 11.6 Å². The molecule has 0 saturated heterocycles. The average molecular weight is 333 g/mol. The average Bonchev–Trinajstić information content (AvgIpc) is 2.35. The lowest BCUT2D eigenvalue weighted by molar-refractivity contribution is 0.626. The van der Waals surface area contributed by atoms with E-state index in [-0.39, 0.29) is 0 Å². The predicted octanol–water partition coefficient (Wildman–Crippen LogP) is 5.64. The van der Waals surface area contributed by atoms with Gasteiger partial charge >= 0.3 is 0 Å². The molecule has 102 valence electrons. The Hall–Kier alpha value is -0.210. The third-order valence-corrected chi connectivity index (χ3v) is 4.05. The van der Waals surface area contributed by atoms with Gasteiger partial charge < -0.3 is 4.90 Å². The van der Waals surface area contributed by atoms with E-state index in [1.54, 1.807) is 0 Å². The van der Waals surface area contributed by atoms with E-state index in [0.29, 0.717) is 6.04 Å². The zero-order valence-electron chi connectivity index (χ0n) is 11.5. The van der Waals surface area contributed by atoms with Crippen molar-refractivity contribution in [2.75, 3.05) is 11.4 Å². The Balaban J connectivity index is 2.84. The summed E-state index contributed by atoms with van der Waals surface area (Å²) >= 11 is 9.86. The highest BCUT2D eigenvalue weighted by molar-refractivity contribution is 9.08. The first-order valence-corrected chi connectivity index (χ1v) is 8.21. The molecule has 0 unspecified atom stereocenters. The Kier molecular flexibility index (Phi) is 7.10. The van der Waals surface area contributed by atoms with Crippen LogP contribution in [0.3, 0.4) is 0 Å². The minimum Gasteiger partial charge on any atom is -0.368 e. The van der Waals surface area contributed by atoms with Crippen LogP contribution in [0.2, 0.25) is 5.02 Å². The van der Waals surface area contributed by atoms with Crippen molar-refractivity contribution in [2.24, 2.45) is 0 Å². The van der Waals surface area contributed by atoms with Gasteiger partial charge in [0.05, 0.1) is 10.7 Å². The summed E-state index contributed by atoms with van der Waals surface area (Å²) < 4.78 is 0. The number of unbranched alkanes of at least 4 members (excludes halogenated alkanes) is 2. The summed E-state index contributed by atoms with van der Waals surface area (Å²) in [5, 5.41) is 1.71. The molecule has 0 amide bonds. The van der Waals surface area contributed by atoms with Gasteiger partial charge in [0.1, 0.15) is 0 Å². The van der Waals surface area contributed by atoms with Gasteiger partial charge in [-0.3, -0.25) is 0 Å². The van der Waals surface area contributed by atoms with Crippen LogP contribution < -0.4 is 4.90 Å². The molecule has 1 aromatic rings. The number of hydrogen-bond donors (Lipinski definition) is 0. The number of halogens is 2. The molecule has 3 heteroatoms. The minimum atomic E-state index is 0.481. The van der Waals surface area contributed by atoms with Gasteiger partial charge in [0.2, 0.25) is 0 Å². The third-order valence-electron chi connectivity index (χ3n) is 3.10. The van der Waals surface area contributed by atoms with Crippen molar-refractivity contribution in [2.45, 2.75) is 51.4 Å². The summed E-state index contributed by atoms with van der Waals surface area (Å²) in [6, 6.07) is 6.82. The highest BCUT2D eigenvalue weighted by Crippen LogP contribution is 2.29. The molecule has 0 heterocycles. The van der Waals surface area contributed by atoms with Gasteiger partial charge in [0, 0.05) is 17.9 Å². The van der Waals surface area contributed by atoms with Crippen molar-refractivity contribution in [3.8, 4) is 0 Å². The molecule has 0 aliphatic rings. The standard InChI is InChI=1S/C15H23BrClN/c1-4-5-6-9-18(12(2)3)15-8-7-13(11-16)10-14(15)17/h7-8,10,12H,4-6,9,11H2,1-3H3. The molecular weight excluding hydrogens is 310 g/mol. The molecule has 0 bridgehead atoms. The molecule has 0 spiro atoms. The molecule has 1 aromatic carbocycles. The Morgan fingerprint density at radius 3 is 2.50 bits per heavy atom. The van der Waals surface area contributed by atoms with Crippen LogP contribution >= 0.6 is 27.5 Å². The van der Waals surface area contributed by atoms with Crippen LogP contribution in [-0.2, 0) is 5.33 Å². The second-order valence-corrected chi connectivity index (χ2v) is 5.88. The Morgan fingerprint density at radius 2 is 2.00 bits per heavy atom. The second kappa shape index (κ2) is 8.06. The molecule has 0 N–H and O–H groups in total. The van der Waals surface area contributed by atoms with E-state index in [0.717, 1.165) is 22.6 Å². The number of rotatable bonds is 7. The van der Waals surface area contributed by atoms with Crippen molar-refractivity contribution in [1.29, 1.82) is 0 Å². The van der Waals surface area contributed by atoms with Crippen LogP contribution in [0, 0.1) is 0 Å². The zero-order valence-corrected chi connectivity index (χ0v) is 13.9. The monoisotopic (exact) mass is 331 g/mol. The molecule has 1 rings (SSSR count). The highest BCUT2D eigenvalue weighted by atomic mass is 79.9. The summed E-state index contributed by atoms with van der Waals surface area (Å²) in [5.41, 5.74) is 2.38. The molecule has 0 aliphatic carbocycles. The fraction of sp³-hybridized carbons (Fsp3) is 0.600. The van der Waals surface area contributed by atoms with Crippen LogP contribution in [0.5, 0.6) is 0 Å². The molecule has 0 fully saturated rings. The first-order valence-electron chi connectivity index (χ1n) is 6.71. The largest absolute Gasteiger partial charge is 0.368 e. The number of hydrogen-bond acceptors (Lipinski definition) is 1.